The largest absolute Gasteiger partial charge is 0.381 e. The lowest BCUT2D eigenvalue weighted by Gasteiger charge is -2.03. The fourth-order valence-electron chi connectivity index (χ4n) is 1.55. The van der Waals surface area contributed by atoms with E-state index in [2.05, 4.69) is 25.6 Å². The molecule has 0 amide bonds. The Morgan fingerprint density at radius 1 is 0.688 bits per heavy atom. The van der Waals surface area contributed by atoms with E-state index < -0.39 is 0 Å². The summed E-state index contributed by atoms with van der Waals surface area (Å²) >= 11 is 2.05. The van der Waals surface area contributed by atoms with Gasteiger partial charge in [0.25, 0.3) is 0 Å². The Labute approximate surface area is 107 Å². The van der Waals surface area contributed by atoms with Crippen LogP contribution in [0.4, 0.5) is 0 Å². The smallest absolute Gasteiger partial charge is 0.0556 e. The molecule has 0 saturated heterocycles. The van der Waals surface area contributed by atoms with Crippen molar-refractivity contribution in [2.75, 3.05) is 24.7 Å². The number of hydrogen-bond donors (Lipinski definition) is 0. The summed E-state index contributed by atoms with van der Waals surface area (Å²) in [6.07, 6.45) is 10.9. The highest BCUT2D eigenvalue weighted by molar-refractivity contribution is 7.99. The number of thioether (sulfide) groups is 1. The van der Waals surface area contributed by atoms with Crippen molar-refractivity contribution in [1.29, 1.82) is 0 Å². The maximum atomic E-state index is 5.51. The minimum absolute atomic E-state index is 0.945. The average molecular weight is 246 g/mol. The Hall–Kier alpha value is 0.310. The van der Waals surface area contributed by atoms with Crippen LogP contribution in [-0.4, -0.2) is 24.7 Å². The Morgan fingerprint density at radius 3 is 2.12 bits per heavy atom. The first-order valence-corrected chi connectivity index (χ1v) is 8.22. The Balaban J connectivity index is 2.83. The summed E-state index contributed by atoms with van der Waals surface area (Å²) in [5.41, 5.74) is 0. The molecule has 0 aliphatic rings. The van der Waals surface area contributed by atoms with Gasteiger partial charge in [-0.2, -0.15) is 11.8 Å². The molecular formula is C14H30OS. The molecule has 0 aromatic carbocycles. The maximum Gasteiger partial charge on any atom is 0.0556 e. The van der Waals surface area contributed by atoms with Crippen molar-refractivity contribution in [2.24, 2.45) is 0 Å². The van der Waals surface area contributed by atoms with E-state index in [4.69, 9.17) is 4.74 Å². The van der Waals surface area contributed by atoms with Crippen molar-refractivity contribution < 1.29 is 4.74 Å². The minimum Gasteiger partial charge on any atom is -0.381 e. The summed E-state index contributed by atoms with van der Waals surface area (Å²) in [6.45, 7) is 6.37. The highest BCUT2D eigenvalue weighted by atomic mass is 32.2. The van der Waals surface area contributed by atoms with E-state index in [1.54, 1.807) is 0 Å². The molecular weight excluding hydrogens is 216 g/mol. The quantitative estimate of drug-likeness (QED) is 0.428. The minimum atomic E-state index is 0.945. The molecule has 0 radical (unpaired) electrons. The average Bonchev–Trinajstić information content (AvgIpc) is 2.31. The van der Waals surface area contributed by atoms with Crippen molar-refractivity contribution in [1.82, 2.24) is 0 Å². The van der Waals surface area contributed by atoms with E-state index in [1.165, 1.54) is 62.9 Å². The normalized spacial score (nSPS) is 10.9. The maximum absolute atomic E-state index is 5.51. The van der Waals surface area contributed by atoms with Gasteiger partial charge in [0.1, 0.15) is 0 Å². The SMILES string of the molecule is CCCCCCCCSCCOCCCC. The molecule has 0 atom stereocenters. The van der Waals surface area contributed by atoms with Gasteiger partial charge in [0.15, 0.2) is 0 Å². The predicted molar refractivity (Wildman–Crippen MR) is 76.4 cm³/mol. The highest BCUT2D eigenvalue weighted by Crippen LogP contribution is 2.09. The molecule has 1 nitrogen and oxygen atoms in total. The molecule has 0 N–H and O–H groups in total. The lowest BCUT2D eigenvalue weighted by Crippen LogP contribution is -1.99. The molecule has 2 heteroatoms. The van der Waals surface area contributed by atoms with Crippen molar-refractivity contribution in [2.45, 2.75) is 65.2 Å². The summed E-state index contributed by atoms with van der Waals surface area (Å²) in [6, 6.07) is 0. The second-order valence-corrected chi connectivity index (χ2v) is 5.57. The molecule has 0 unspecified atom stereocenters. The van der Waals surface area contributed by atoms with Gasteiger partial charge < -0.3 is 4.74 Å². The van der Waals surface area contributed by atoms with Crippen molar-refractivity contribution in [3.8, 4) is 0 Å². The molecule has 0 heterocycles. The number of hydrogen-bond acceptors (Lipinski definition) is 2. The summed E-state index contributed by atoms with van der Waals surface area (Å²) in [5, 5.41) is 0. The van der Waals surface area contributed by atoms with E-state index in [9.17, 15) is 0 Å². The standard InChI is InChI=1S/C14H30OS/c1-3-5-7-8-9-10-13-16-14-12-15-11-6-4-2/h3-14H2,1-2H3. The zero-order valence-corrected chi connectivity index (χ0v) is 12.1. The molecule has 0 fully saturated rings. The third-order valence-electron chi connectivity index (χ3n) is 2.66. The van der Waals surface area contributed by atoms with E-state index >= 15 is 0 Å². The van der Waals surface area contributed by atoms with Crippen LogP contribution in [0.2, 0.25) is 0 Å². The van der Waals surface area contributed by atoms with Crippen LogP contribution in [0.25, 0.3) is 0 Å². The number of rotatable bonds is 13. The van der Waals surface area contributed by atoms with Crippen LogP contribution >= 0.6 is 11.8 Å². The van der Waals surface area contributed by atoms with Crippen LogP contribution in [0, 0.1) is 0 Å². The van der Waals surface area contributed by atoms with Gasteiger partial charge in [-0.15, -0.1) is 0 Å². The van der Waals surface area contributed by atoms with Gasteiger partial charge in [-0.05, 0) is 18.6 Å². The fraction of sp³-hybridized carbons (Fsp3) is 1.00. The molecule has 0 spiro atoms. The zero-order valence-electron chi connectivity index (χ0n) is 11.3. The zero-order chi connectivity index (χ0) is 11.9. The van der Waals surface area contributed by atoms with Gasteiger partial charge in [-0.1, -0.05) is 52.4 Å². The van der Waals surface area contributed by atoms with Crippen LogP contribution in [0.1, 0.15) is 65.2 Å². The summed E-state index contributed by atoms with van der Waals surface area (Å²) < 4.78 is 5.51. The third kappa shape index (κ3) is 14.3. The second-order valence-electron chi connectivity index (χ2n) is 4.35. The first kappa shape index (κ1) is 16.3. The van der Waals surface area contributed by atoms with E-state index in [0.29, 0.717) is 0 Å². The molecule has 98 valence electrons. The molecule has 0 aliphatic heterocycles. The molecule has 0 aliphatic carbocycles. The lowest BCUT2D eigenvalue weighted by molar-refractivity contribution is 0.147. The van der Waals surface area contributed by atoms with Crippen molar-refractivity contribution in [3.63, 3.8) is 0 Å². The van der Waals surface area contributed by atoms with Crippen molar-refractivity contribution in [3.05, 3.63) is 0 Å². The van der Waals surface area contributed by atoms with Gasteiger partial charge >= 0.3 is 0 Å². The Kier molecular flexibility index (Phi) is 15.6. The van der Waals surface area contributed by atoms with Crippen LogP contribution in [0.3, 0.4) is 0 Å². The fourth-order valence-corrected chi connectivity index (χ4v) is 2.40. The molecule has 16 heavy (non-hydrogen) atoms. The first-order valence-electron chi connectivity index (χ1n) is 7.07. The number of unbranched alkanes of at least 4 members (excludes halogenated alkanes) is 6. The molecule has 0 bridgehead atoms. The Morgan fingerprint density at radius 2 is 1.38 bits per heavy atom. The first-order chi connectivity index (χ1) is 7.91. The predicted octanol–water partition coefficient (Wildman–Crippen LogP) is 4.90. The van der Waals surface area contributed by atoms with Crippen LogP contribution in [-0.2, 0) is 4.74 Å². The Bertz CT molecular complexity index is 103. The van der Waals surface area contributed by atoms with Gasteiger partial charge in [0.05, 0.1) is 6.61 Å². The summed E-state index contributed by atoms with van der Waals surface area (Å²) in [4.78, 5) is 0. The second kappa shape index (κ2) is 15.3. The topological polar surface area (TPSA) is 9.23 Å². The van der Waals surface area contributed by atoms with Crippen LogP contribution in [0.15, 0.2) is 0 Å². The van der Waals surface area contributed by atoms with Crippen molar-refractivity contribution >= 4 is 11.8 Å². The van der Waals surface area contributed by atoms with Gasteiger partial charge in [0.2, 0.25) is 0 Å². The molecule has 0 aromatic rings. The van der Waals surface area contributed by atoms with Crippen LogP contribution in [0.5, 0.6) is 0 Å². The van der Waals surface area contributed by atoms with E-state index in [0.717, 1.165) is 13.2 Å². The summed E-state index contributed by atoms with van der Waals surface area (Å²) in [5.74, 6) is 2.50. The number of ether oxygens (including phenoxy) is 1. The van der Waals surface area contributed by atoms with Crippen LogP contribution < -0.4 is 0 Å². The summed E-state index contributed by atoms with van der Waals surface area (Å²) in [7, 11) is 0. The highest BCUT2D eigenvalue weighted by Gasteiger charge is 1.92. The monoisotopic (exact) mass is 246 g/mol. The van der Waals surface area contributed by atoms with E-state index in [-0.39, 0.29) is 0 Å². The van der Waals surface area contributed by atoms with Gasteiger partial charge in [-0.25, -0.2) is 0 Å². The van der Waals surface area contributed by atoms with E-state index in [1.807, 2.05) is 0 Å². The van der Waals surface area contributed by atoms with Gasteiger partial charge in [0, 0.05) is 12.4 Å². The third-order valence-corrected chi connectivity index (χ3v) is 3.69. The lowest BCUT2D eigenvalue weighted by atomic mass is 10.1. The molecule has 0 rings (SSSR count). The van der Waals surface area contributed by atoms with Gasteiger partial charge in [-0.3, -0.25) is 0 Å². The molecule has 0 saturated carbocycles. The molecule has 0 aromatic heterocycles.